The summed E-state index contributed by atoms with van der Waals surface area (Å²) in [6.07, 6.45) is 13.5. The van der Waals surface area contributed by atoms with Crippen LogP contribution >= 0.6 is 11.3 Å². The van der Waals surface area contributed by atoms with E-state index in [-0.39, 0.29) is 5.91 Å². The van der Waals surface area contributed by atoms with Crippen LogP contribution in [0.2, 0.25) is 0 Å². The van der Waals surface area contributed by atoms with E-state index in [0.717, 1.165) is 25.9 Å². The van der Waals surface area contributed by atoms with Crippen molar-refractivity contribution in [2.24, 2.45) is 0 Å². The molecule has 154 valence electrons. The van der Waals surface area contributed by atoms with Crippen molar-refractivity contribution in [1.29, 1.82) is 0 Å². The van der Waals surface area contributed by atoms with Gasteiger partial charge in [0.05, 0.1) is 5.56 Å². The summed E-state index contributed by atoms with van der Waals surface area (Å²) in [6, 6.07) is 8.02. The van der Waals surface area contributed by atoms with Crippen LogP contribution in [0.25, 0.3) is 0 Å². The number of aromatic nitrogens is 1. The molecule has 0 fully saturated rings. The number of fused-ring (bicyclic) bond motifs is 1. The van der Waals surface area contributed by atoms with Crippen molar-refractivity contribution in [3.63, 3.8) is 0 Å². The minimum atomic E-state index is 0.0371. The normalized spacial score (nSPS) is 15.5. The van der Waals surface area contributed by atoms with Crippen molar-refractivity contribution in [1.82, 2.24) is 15.2 Å². The Balaban J connectivity index is 1.45. The van der Waals surface area contributed by atoms with Crippen LogP contribution in [0, 0.1) is 0 Å². The second kappa shape index (κ2) is 11.5. The maximum absolute atomic E-state index is 12.7. The zero-order chi connectivity index (χ0) is 20.3. The maximum Gasteiger partial charge on any atom is 0.257 e. The molecule has 0 aromatic carbocycles. The van der Waals surface area contributed by atoms with Crippen molar-refractivity contribution in [2.75, 3.05) is 38.5 Å². The molecule has 0 unspecified atom stereocenters. The van der Waals surface area contributed by atoms with E-state index in [1.807, 2.05) is 41.5 Å². The van der Waals surface area contributed by atoms with Crippen molar-refractivity contribution in [2.45, 2.75) is 25.2 Å². The fourth-order valence-electron chi connectivity index (χ4n) is 3.48. The first kappa shape index (κ1) is 21.3. The molecule has 29 heavy (non-hydrogen) atoms. The molecule has 1 amide bonds. The zero-order valence-corrected chi connectivity index (χ0v) is 17.8. The molecular weight excluding hydrogens is 380 g/mol. The Morgan fingerprint density at radius 2 is 2.17 bits per heavy atom. The summed E-state index contributed by atoms with van der Waals surface area (Å²) in [7, 11) is 2.01. The van der Waals surface area contributed by atoms with E-state index in [1.54, 1.807) is 12.3 Å². The molecule has 0 aliphatic carbocycles. The monoisotopic (exact) mass is 410 g/mol. The summed E-state index contributed by atoms with van der Waals surface area (Å²) in [5.74, 6) is 1.34. The largest absolute Gasteiger partial charge is 0.368 e. The summed E-state index contributed by atoms with van der Waals surface area (Å²) in [5, 5.41) is 8.64. The smallest absolute Gasteiger partial charge is 0.257 e. The average molecular weight is 411 g/mol. The van der Waals surface area contributed by atoms with Gasteiger partial charge in [0.15, 0.2) is 0 Å². The summed E-state index contributed by atoms with van der Waals surface area (Å²) in [4.78, 5) is 20.3. The number of rotatable bonds is 10. The molecule has 0 saturated carbocycles. The molecule has 1 aliphatic rings. The summed E-state index contributed by atoms with van der Waals surface area (Å²) >= 11 is 1.85. The van der Waals surface area contributed by atoms with E-state index < -0.39 is 0 Å². The van der Waals surface area contributed by atoms with E-state index in [2.05, 4.69) is 45.3 Å². The van der Waals surface area contributed by atoms with Crippen LogP contribution in [0.4, 0.5) is 5.82 Å². The van der Waals surface area contributed by atoms with E-state index in [1.165, 1.54) is 11.3 Å². The topological polar surface area (TPSA) is 57.3 Å². The number of anilines is 1. The van der Waals surface area contributed by atoms with Gasteiger partial charge in [0.2, 0.25) is 0 Å². The second-order valence-electron chi connectivity index (χ2n) is 7.12. The first-order chi connectivity index (χ1) is 14.3. The van der Waals surface area contributed by atoms with Crippen molar-refractivity contribution >= 4 is 23.1 Å². The van der Waals surface area contributed by atoms with Crippen LogP contribution in [0.3, 0.4) is 0 Å². The molecule has 3 heterocycles. The molecule has 0 bridgehead atoms. The summed E-state index contributed by atoms with van der Waals surface area (Å²) in [5.41, 5.74) is 0.648. The third-order valence-corrected chi connectivity index (χ3v) is 6.11. The third kappa shape index (κ3) is 6.27. The van der Waals surface area contributed by atoms with E-state index >= 15 is 0 Å². The molecule has 6 heteroatoms. The van der Waals surface area contributed by atoms with Crippen LogP contribution in [0.15, 0.2) is 60.1 Å². The highest BCUT2D eigenvalue weighted by atomic mass is 32.1. The fraction of sp³-hybridized carbons (Fsp3) is 0.391. The number of hydrogen-bond donors (Lipinski definition) is 2. The molecule has 0 spiro atoms. The minimum absolute atomic E-state index is 0.0371. The first-order valence-corrected chi connectivity index (χ1v) is 11.2. The van der Waals surface area contributed by atoms with Gasteiger partial charge < -0.3 is 15.5 Å². The number of nitrogens with one attached hydrogen (secondary N) is 2. The van der Waals surface area contributed by atoms with E-state index in [9.17, 15) is 4.79 Å². The van der Waals surface area contributed by atoms with Gasteiger partial charge in [0.25, 0.3) is 5.91 Å². The number of pyridine rings is 1. The van der Waals surface area contributed by atoms with Crippen LogP contribution in [-0.2, 0) is 0 Å². The SMILES string of the molecule is CNCC[C@H](CC/C=C/C=C/CN1CCNc2ncccc2C1=O)c1cccs1. The van der Waals surface area contributed by atoms with Gasteiger partial charge >= 0.3 is 0 Å². The quantitative estimate of drug-likeness (QED) is 0.574. The number of carbonyl (C=O) groups excluding carboxylic acids is 1. The van der Waals surface area contributed by atoms with Gasteiger partial charge in [0.1, 0.15) is 5.82 Å². The van der Waals surface area contributed by atoms with Crippen LogP contribution in [-0.4, -0.2) is 49.0 Å². The van der Waals surface area contributed by atoms with Gasteiger partial charge in [-0.05, 0) is 62.4 Å². The number of thiophene rings is 1. The fourth-order valence-corrected chi connectivity index (χ4v) is 4.38. The molecule has 2 N–H and O–H groups in total. The van der Waals surface area contributed by atoms with E-state index in [4.69, 9.17) is 0 Å². The Labute approximate surface area is 177 Å². The highest BCUT2D eigenvalue weighted by molar-refractivity contribution is 7.10. The lowest BCUT2D eigenvalue weighted by Crippen LogP contribution is -2.32. The summed E-state index contributed by atoms with van der Waals surface area (Å²) < 4.78 is 0. The highest BCUT2D eigenvalue weighted by Crippen LogP contribution is 2.28. The Bertz CT molecular complexity index is 816. The van der Waals surface area contributed by atoms with Crippen LogP contribution in [0.1, 0.15) is 40.4 Å². The predicted octanol–water partition coefficient (Wildman–Crippen LogP) is 4.30. The lowest BCUT2D eigenvalue weighted by molar-refractivity contribution is 0.0785. The predicted molar refractivity (Wildman–Crippen MR) is 122 cm³/mol. The number of hydrogen-bond acceptors (Lipinski definition) is 5. The standard InChI is InChI=1S/C23H30N4OS/c1-24-14-12-19(21-11-8-18-29-21)9-5-3-2-4-6-16-27-17-15-26-22-20(23(27)28)10-7-13-25-22/h2-4,6-8,10-11,13,18-19,24H,5,9,12,14-17H2,1H3,(H,25,26)/b3-2+,6-4+/t19-/m0/s1. The highest BCUT2D eigenvalue weighted by Gasteiger charge is 2.21. The number of nitrogens with zero attached hydrogens (tertiary/aromatic N) is 2. The number of amides is 1. The number of allylic oxidation sites excluding steroid dienone is 3. The lowest BCUT2D eigenvalue weighted by atomic mass is 9.97. The molecule has 2 aromatic heterocycles. The van der Waals surface area contributed by atoms with Gasteiger partial charge in [-0.25, -0.2) is 4.98 Å². The Hall–Kier alpha value is -2.44. The molecule has 1 atom stereocenters. The summed E-state index contributed by atoms with van der Waals surface area (Å²) in [6.45, 7) is 3.05. The average Bonchev–Trinajstić information content (AvgIpc) is 3.23. The third-order valence-electron chi connectivity index (χ3n) is 5.08. The van der Waals surface area contributed by atoms with Crippen LogP contribution < -0.4 is 10.6 Å². The molecule has 2 aromatic rings. The van der Waals surface area contributed by atoms with Crippen LogP contribution in [0.5, 0.6) is 0 Å². The first-order valence-electron chi connectivity index (χ1n) is 10.3. The lowest BCUT2D eigenvalue weighted by Gasteiger charge is -2.18. The van der Waals surface area contributed by atoms with Gasteiger partial charge in [-0.2, -0.15) is 0 Å². The Morgan fingerprint density at radius 3 is 3.00 bits per heavy atom. The zero-order valence-electron chi connectivity index (χ0n) is 17.0. The Kier molecular flexibility index (Phi) is 8.46. The Morgan fingerprint density at radius 1 is 1.28 bits per heavy atom. The van der Waals surface area contributed by atoms with Gasteiger partial charge in [-0.15, -0.1) is 11.3 Å². The molecule has 0 radical (unpaired) electrons. The molecule has 3 rings (SSSR count). The molecular formula is C23H30N4OS. The minimum Gasteiger partial charge on any atom is -0.368 e. The second-order valence-corrected chi connectivity index (χ2v) is 8.10. The van der Waals surface area contributed by atoms with Gasteiger partial charge in [-0.1, -0.05) is 30.4 Å². The molecule has 0 saturated heterocycles. The van der Waals surface area contributed by atoms with Crippen molar-refractivity contribution in [3.05, 3.63) is 70.6 Å². The molecule has 1 aliphatic heterocycles. The van der Waals surface area contributed by atoms with E-state index in [0.29, 0.717) is 30.4 Å². The van der Waals surface area contributed by atoms with Gasteiger partial charge in [-0.3, -0.25) is 4.79 Å². The van der Waals surface area contributed by atoms with Gasteiger partial charge in [0, 0.05) is 30.7 Å². The maximum atomic E-state index is 12.7. The molecule has 5 nitrogen and oxygen atoms in total. The van der Waals surface area contributed by atoms with Crippen molar-refractivity contribution < 1.29 is 4.79 Å². The number of carbonyl (C=O) groups is 1. The van der Waals surface area contributed by atoms with Crippen molar-refractivity contribution in [3.8, 4) is 0 Å².